The fourth-order valence-corrected chi connectivity index (χ4v) is 14.5. The van der Waals surface area contributed by atoms with E-state index in [-0.39, 0.29) is 0 Å². The van der Waals surface area contributed by atoms with Gasteiger partial charge in [-0.15, -0.1) is 0 Å². The summed E-state index contributed by atoms with van der Waals surface area (Å²) >= 11 is 0. The van der Waals surface area contributed by atoms with Crippen LogP contribution in [0.25, 0.3) is 6.08 Å². The number of allylic oxidation sites excluding steroid dienone is 25. The zero-order chi connectivity index (χ0) is 42.0. The number of hydrogen-bond acceptors (Lipinski definition) is 0. The first kappa shape index (κ1) is 41.6. The summed E-state index contributed by atoms with van der Waals surface area (Å²) in [6, 6.07) is 0.450. The average Bonchev–Trinajstić information content (AvgIpc) is 4.01. The molecular formula is C62H75N. The van der Waals surface area contributed by atoms with E-state index in [4.69, 9.17) is 0 Å². The highest BCUT2D eigenvalue weighted by Crippen LogP contribution is 2.50. The molecule has 1 aromatic rings. The number of nitrogens with zero attached hydrogens (tertiary/aromatic N) is 1. The summed E-state index contributed by atoms with van der Waals surface area (Å²) in [4.78, 5) is 0. The van der Waals surface area contributed by atoms with Crippen LogP contribution in [0.1, 0.15) is 151 Å². The molecule has 10 unspecified atom stereocenters. The molecule has 0 N–H and O–H groups in total. The smallest absolute Gasteiger partial charge is 0.0556 e. The molecule has 328 valence electrons. The molecule has 0 aliphatic heterocycles. The van der Waals surface area contributed by atoms with Crippen LogP contribution < -0.4 is 0 Å². The van der Waals surface area contributed by atoms with Crippen LogP contribution in [0, 0.1) is 53.3 Å². The zero-order valence-electron chi connectivity index (χ0n) is 38.4. The topological polar surface area (TPSA) is 4.93 Å². The molecule has 10 aliphatic rings. The van der Waals surface area contributed by atoms with Gasteiger partial charge in [0.25, 0.3) is 0 Å². The molecule has 0 saturated heterocycles. The second kappa shape index (κ2) is 19.2. The minimum absolute atomic E-state index is 0.450. The first-order valence-corrected chi connectivity index (χ1v) is 26.3. The molecule has 1 heterocycles. The van der Waals surface area contributed by atoms with Crippen LogP contribution >= 0.6 is 0 Å². The van der Waals surface area contributed by atoms with Crippen molar-refractivity contribution in [1.82, 2.24) is 4.57 Å². The molecule has 1 heteroatoms. The fraction of sp³-hybridized carbons (Fsp3) is 0.516. The molecule has 10 atom stereocenters. The lowest BCUT2D eigenvalue weighted by Crippen LogP contribution is -2.34. The summed E-state index contributed by atoms with van der Waals surface area (Å²) in [5.74, 6) is 6.13. The van der Waals surface area contributed by atoms with Gasteiger partial charge in [-0.2, -0.15) is 0 Å². The van der Waals surface area contributed by atoms with Gasteiger partial charge in [0.2, 0.25) is 0 Å². The van der Waals surface area contributed by atoms with Crippen LogP contribution in [-0.2, 0) is 19.3 Å². The van der Waals surface area contributed by atoms with Crippen LogP contribution in [-0.4, -0.2) is 4.57 Å². The van der Waals surface area contributed by atoms with E-state index in [1.807, 2.05) is 0 Å². The lowest BCUT2D eigenvalue weighted by molar-refractivity contribution is 0.215. The first-order valence-electron chi connectivity index (χ1n) is 26.3. The van der Waals surface area contributed by atoms with E-state index >= 15 is 0 Å². The standard InChI is InChI=1S/C62H75N/c1-4-16-44(17-5-1)40-53(51-36-39-59-58-26-14-15-27-61(58)63(62(59)43-51)54-22-8-3-9-23-54)42-52-37-38-56(57-25-13-12-24-55(52)57)49-30-28-45(29-31-49)41-60(48-20-10-11-21-48)50-34-32-47(33-35-50)46-18-6-2-7-19-46/h2-4,6,8-10,13,15-16,18,20,22,25,27-30,34,37,40,44,47-49,51,54-57,60H,1,5,7,11-12,14,17,19,21,23-24,26,31-33,35-36,38-39,41-43H2/b53-40-. The Bertz CT molecular complexity index is 2270. The third-order valence-corrected chi connectivity index (χ3v) is 17.9. The molecule has 0 amide bonds. The summed E-state index contributed by atoms with van der Waals surface area (Å²) in [6.45, 7) is 0. The summed E-state index contributed by atoms with van der Waals surface area (Å²) in [5.41, 5.74) is 15.3. The molecule has 1 nitrogen and oxygen atoms in total. The summed E-state index contributed by atoms with van der Waals surface area (Å²) in [7, 11) is 0. The van der Waals surface area contributed by atoms with Gasteiger partial charge < -0.3 is 4.57 Å². The van der Waals surface area contributed by atoms with Gasteiger partial charge in [0, 0.05) is 11.4 Å². The Morgan fingerprint density at radius 2 is 1.62 bits per heavy atom. The van der Waals surface area contributed by atoms with Gasteiger partial charge in [-0.25, -0.2) is 0 Å². The Kier molecular flexibility index (Phi) is 12.7. The number of rotatable bonds is 11. The molecular weight excluding hydrogens is 759 g/mol. The predicted molar refractivity (Wildman–Crippen MR) is 267 cm³/mol. The Labute approximate surface area is 381 Å². The maximum Gasteiger partial charge on any atom is 0.0556 e. The van der Waals surface area contributed by atoms with E-state index in [1.165, 1.54) is 141 Å². The van der Waals surface area contributed by atoms with Gasteiger partial charge in [0.1, 0.15) is 0 Å². The Hall–Kier alpha value is -4.10. The minimum Gasteiger partial charge on any atom is -0.337 e. The first-order chi connectivity index (χ1) is 31.2. The van der Waals surface area contributed by atoms with Gasteiger partial charge in [0.15, 0.2) is 0 Å². The Morgan fingerprint density at radius 1 is 0.683 bits per heavy atom. The van der Waals surface area contributed by atoms with Crippen LogP contribution in [0.5, 0.6) is 0 Å². The molecule has 0 saturated carbocycles. The normalized spacial score (nSPS) is 33.9. The third kappa shape index (κ3) is 8.86. The van der Waals surface area contributed by atoms with E-state index < -0.39 is 0 Å². The molecule has 63 heavy (non-hydrogen) atoms. The van der Waals surface area contributed by atoms with E-state index in [9.17, 15) is 0 Å². The van der Waals surface area contributed by atoms with Crippen LogP contribution in [0.4, 0.5) is 0 Å². The molecule has 0 aromatic carbocycles. The SMILES string of the molecule is C1=CCCC(C2CC=C(C(CC3=CCC(C4CC=C(C/C(=C/C5C=CCCC5)C5CCc6c7c(n(C8C=CC=CC8)c6C5)C=CCC7)C5CCC=CC54)C=C3)C3C=CCC3)CC2)=C1. The van der Waals surface area contributed by atoms with Crippen molar-refractivity contribution in [3.8, 4) is 0 Å². The second-order valence-corrected chi connectivity index (χ2v) is 21.4. The van der Waals surface area contributed by atoms with Crippen molar-refractivity contribution in [3.05, 3.63) is 172 Å². The van der Waals surface area contributed by atoms with Gasteiger partial charge in [-0.3, -0.25) is 0 Å². The van der Waals surface area contributed by atoms with Crippen LogP contribution in [0.3, 0.4) is 0 Å². The third-order valence-electron chi connectivity index (χ3n) is 17.9. The van der Waals surface area contributed by atoms with E-state index in [1.54, 1.807) is 44.7 Å². The van der Waals surface area contributed by atoms with Crippen molar-refractivity contribution < 1.29 is 0 Å². The molecule has 0 fully saturated rings. The van der Waals surface area contributed by atoms with Crippen molar-refractivity contribution in [2.75, 3.05) is 0 Å². The van der Waals surface area contributed by atoms with Gasteiger partial charge >= 0.3 is 0 Å². The highest BCUT2D eigenvalue weighted by molar-refractivity contribution is 5.60. The zero-order valence-corrected chi connectivity index (χ0v) is 38.4. The van der Waals surface area contributed by atoms with Crippen molar-refractivity contribution in [2.24, 2.45) is 53.3 Å². The summed E-state index contributed by atoms with van der Waals surface area (Å²) in [5, 5.41) is 0. The van der Waals surface area contributed by atoms with Gasteiger partial charge in [-0.05, 0) is 212 Å². The van der Waals surface area contributed by atoms with E-state index in [2.05, 4.69) is 132 Å². The second-order valence-electron chi connectivity index (χ2n) is 21.4. The largest absolute Gasteiger partial charge is 0.337 e. The predicted octanol–water partition coefficient (Wildman–Crippen LogP) is 16.3. The highest BCUT2D eigenvalue weighted by Gasteiger charge is 2.40. The monoisotopic (exact) mass is 834 g/mol. The quantitative estimate of drug-likeness (QED) is 0.196. The van der Waals surface area contributed by atoms with Crippen molar-refractivity contribution >= 4 is 6.08 Å². The lowest BCUT2D eigenvalue weighted by atomic mass is 9.62. The number of aromatic nitrogens is 1. The molecule has 10 aliphatic carbocycles. The molecule has 11 rings (SSSR count). The van der Waals surface area contributed by atoms with Crippen molar-refractivity contribution in [1.29, 1.82) is 0 Å². The molecule has 0 radical (unpaired) electrons. The summed E-state index contributed by atoms with van der Waals surface area (Å²) < 4.78 is 2.80. The Morgan fingerprint density at radius 3 is 2.43 bits per heavy atom. The molecule has 1 aromatic heterocycles. The van der Waals surface area contributed by atoms with Crippen molar-refractivity contribution in [2.45, 2.75) is 147 Å². The van der Waals surface area contributed by atoms with E-state index in [0.29, 0.717) is 47.5 Å². The van der Waals surface area contributed by atoms with Crippen LogP contribution in [0.2, 0.25) is 0 Å². The van der Waals surface area contributed by atoms with Gasteiger partial charge in [-0.1, -0.05) is 149 Å². The average molecular weight is 834 g/mol. The maximum atomic E-state index is 2.81. The fourth-order valence-electron chi connectivity index (χ4n) is 14.5. The van der Waals surface area contributed by atoms with Crippen molar-refractivity contribution in [3.63, 3.8) is 0 Å². The Balaban J connectivity index is 0.807. The number of fused-ring (bicyclic) bond motifs is 4. The highest BCUT2D eigenvalue weighted by atomic mass is 15.0. The summed E-state index contributed by atoms with van der Waals surface area (Å²) in [6.07, 6.45) is 80.7. The van der Waals surface area contributed by atoms with Gasteiger partial charge in [0.05, 0.1) is 6.04 Å². The lowest BCUT2D eigenvalue weighted by Gasteiger charge is -2.43. The van der Waals surface area contributed by atoms with E-state index in [0.717, 1.165) is 18.3 Å². The van der Waals surface area contributed by atoms with Crippen LogP contribution in [0.15, 0.2) is 149 Å². The molecule has 0 bridgehead atoms. The number of hydrogen-bond donors (Lipinski definition) is 0. The minimum atomic E-state index is 0.450. The maximum absolute atomic E-state index is 2.81. The molecule has 0 spiro atoms.